The molecule has 0 heterocycles. The van der Waals surface area contributed by atoms with Gasteiger partial charge >= 0.3 is 0 Å². The summed E-state index contributed by atoms with van der Waals surface area (Å²) < 4.78 is 0. The van der Waals surface area contributed by atoms with Crippen LogP contribution in [0.5, 0.6) is 0 Å². The van der Waals surface area contributed by atoms with Gasteiger partial charge in [0.1, 0.15) is 0 Å². The molecular weight excluding hydrogens is 186 g/mol. The van der Waals surface area contributed by atoms with Gasteiger partial charge in [-0.15, -0.1) is 0 Å². The van der Waals surface area contributed by atoms with Gasteiger partial charge in [-0.1, -0.05) is 36.8 Å². The number of aliphatic hydroxyl groups is 1. The highest BCUT2D eigenvalue weighted by Crippen LogP contribution is 2.26. The molecule has 15 heavy (non-hydrogen) atoms. The molecule has 0 saturated heterocycles. The number of hydrogen-bond acceptors (Lipinski definition) is 2. The fourth-order valence-corrected chi connectivity index (χ4v) is 2.00. The maximum absolute atomic E-state index is 9.24. The van der Waals surface area contributed by atoms with E-state index in [1.54, 1.807) is 0 Å². The second kappa shape index (κ2) is 5.29. The lowest BCUT2D eigenvalue weighted by atomic mass is 9.93. The van der Waals surface area contributed by atoms with Crippen LogP contribution in [0.15, 0.2) is 24.3 Å². The van der Waals surface area contributed by atoms with Crippen molar-refractivity contribution in [2.75, 3.05) is 20.7 Å². The van der Waals surface area contributed by atoms with Crippen LogP contribution < -0.4 is 0 Å². The Balaban J connectivity index is 2.94. The molecule has 0 aliphatic rings. The minimum atomic E-state index is 0.219. The van der Waals surface area contributed by atoms with Crippen molar-refractivity contribution in [3.05, 3.63) is 35.4 Å². The topological polar surface area (TPSA) is 23.5 Å². The number of aliphatic hydroxyl groups excluding tert-OH is 1. The summed E-state index contributed by atoms with van der Waals surface area (Å²) >= 11 is 0. The standard InChI is InChI=1S/C13H21NO/c1-10-5-7-12(8-6-10)13(14(3)4)11(2)9-15/h5-8,11,13,15H,9H2,1-4H3. The minimum Gasteiger partial charge on any atom is -0.396 e. The fourth-order valence-electron chi connectivity index (χ4n) is 2.00. The van der Waals surface area contributed by atoms with Crippen molar-refractivity contribution < 1.29 is 5.11 Å². The van der Waals surface area contributed by atoms with Gasteiger partial charge < -0.3 is 10.0 Å². The maximum Gasteiger partial charge on any atom is 0.0474 e. The Kier molecular flexibility index (Phi) is 4.30. The summed E-state index contributed by atoms with van der Waals surface area (Å²) in [6, 6.07) is 8.82. The van der Waals surface area contributed by atoms with Crippen molar-refractivity contribution in [3.8, 4) is 0 Å². The number of rotatable bonds is 4. The van der Waals surface area contributed by atoms with Gasteiger partial charge in [-0.25, -0.2) is 0 Å². The van der Waals surface area contributed by atoms with E-state index >= 15 is 0 Å². The highest BCUT2D eigenvalue weighted by Gasteiger charge is 2.20. The fraction of sp³-hybridized carbons (Fsp3) is 0.538. The highest BCUT2D eigenvalue weighted by molar-refractivity contribution is 5.24. The summed E-state index contributed by atoms with van der Waals surface area (Å²) in [6.45, 7) is 4.38. The average molecular weight is 207 g/mol. The largest absolute Gasteiger partial charge is 0.396 e. The monoisotopic (exact) mass is 207 g/mol. The van der Waals surface area contributed by atoms with Crippen molar-refractivity contribution in [2.45, 2.75) is 19.9 Å². The van der Waals surface area contributed by atoms with E-state index < -0.39 is 0 Å². The van der Waals surface area contributed by atoms with E-state index in [2.05, 4.69) is 57.1 Å². The minimum absolute atomic E-state index is 0.219. The molecule has 2 unspecified atom stereocenters. The average Bonchev–Trinajstić information content (AvgIpc) is 2.20. The Hall–Kier alpha value is -0.860. The maximum atomic E-state index is 9.24. The van der Waals surface area contributed by atoms with E-state index in [-0.39, 0.29) is 18.6 Å². The second-order valence-corrected chi connectivity index (χ2v) is 4.48. The number of aryl methyl sites for hydroxylation is 1. The molecule has 0 aliphatic carbocycles. The van der Waals surface area contributed by atoms with Gasteiger partial charge in [0.2, 0.25) is 0 Å². The molecule has 0 aromatic heterocycles. The van der Waals surface area contributed by atoms with Crippen LogP contribution in [0, 0.1) is 12.8 Å². The zero-order valence-electron chi connectivity index (χ0n) is 10.1. The Labute approximate surface area is 92.5 Å². The van der Waals surface area contributed by atoms with Crippen molar-refractivity contribution in [1.82, 2.24) is 4.90 Å². The Bertz CT molecular complexity index is 292. The third-order valence-corrected chi connectivity index (χ3v) is 2.80. The van der Waals surface area contributed by atoms with Crippen molar-refractivity contribution in [1.29, 1.82) is 0 Å². The molecule has 0 saturated carbocycles. The van der Waals surface area contributed by atoms with Crippen LogP contribution in [-0.4, -0.2) is 30.7 Å². The zero-order valence-corrected chi connectivity index (χ0v) is 10.1. The van der Waals surface area contributed by atoms with Crippen LogP contribution in [0.2, 0.25) is 0 Å². The SMILES string of the molecule is Cc1ccc(C(C(C)CO)N(C)C)cc1. The third kappa shape index (κ3) is 3.05. The van der Waals surface area contributed by atoms with Gasteiger partial charge in [-0.05, 0) is 32.5 Å². The molecule has 2 heteroatoms. The molecule has 1 aromatic carbocycles. The second-order valence-electron chi connectivity index (χ2n) is 4.48. The lowest BCUT2D eigenvalue weighted by Crippen LogP contribution is -2.27. The number of benzene rings is 1. The Morgan fingerprint density at radius 3 is 2.13 bits per heavy atom. The van der Waals surface area contributed by atoms with Crippen molar-refractivity contribution >= 4 is 0 Å². The van der Waals surface area contributed by atoms with Crippen LogP contribution in [0.3, 0.4) is 0 Å². The summed E-state index contributed by atoms with van der Waals surface area (Å²) in [6.07, 6.45) is 0. The Morgan fingerprint density at radius 2 is 1.73 bits per heavy atom. The first-order valence-electron chi connectivity index (χ1n) is 5.40. The molecule has 0 spiro atoms. The summed E-state index contributed by atoms with van der Waals surface area (Å²) in [7, 11) is 4.10. The lowest BCUT2D eigenvalue weighted by molar-refractivity contribution is 0.146. The molecule has 1 aromatic rings. The summed E-state index contributed by atoms with van der Waals surface area (Å²) in [4.78, 5) is 2.16. The van der Waals surface area contributed by atoms with Crippen molar-refractivity contribution in [3.63, 3.8) is 0 Å². The first-order chi connectivity index (χ1) is 7.06. The molecular formula is C13H21NO. The first-order valence-corrected chi connectivity index (χ1v) is 5.40. The van der Waals surface area contributed by atoms with E-state index in [0.717, 1.165) is 0 Å². The van der Waals surface area contributed by atoms with Crippen LogP contribution in [0.25, 0.3) is 0 Å². The first kappa shape index (κ1) is 12.2. The molecule has 84 valence electrons. The zero-order chi connectivity index (χ0) is 11.4. The summed E-state index contributed by atoms with van der Waals surface area (Å²) in [5.74, 6) is 0.253. The van der Waals surface area contributed by atoms with E-state index in [9.17, 15) is 5.11 Å². The Morgan fingerprint density at radius 1 is 1.20 bits per heavy atom. The molecule has 2 nitrogen and oxygen atoms in total. The van der Waals surface area contributed by atoms with E-state index in [4.69, 9.17) is 0 Å². The predicted octanol–water partition coefficient (Wildman–Crippen LogP) is 2.23. The van der Waals surface area contributed by atoms with Crippen LogP contribution >= 0.6 is 0 Å². The molecule has 0 amide bonds. The van der Waals surface area contributed by atoms with Gasteiger partial charge in [-0.3, -0.25) is 0 Å². The molecule has 1 rings (SSSR count). The molecule has 0 aliphatic heterocycles. The number of hydrogen-bond donors (Lipinski definition) is 1. The summed E-state index contributed by atoms with van der Waals surface area (Å²) in [5, 5.41) is 9.24. The quantitative estimate of drug-likeness (QED) is 0.818. The summed E-state index contributed by atoms with van der Waals surface area (Å²) in [5.41, 5.74) is 2.54. The van der Waals surface area contributed by atoms with Gasteiger partial charge in [-0.2, -0.15) is 0 Å². The normalized spacial score (nSPS) is 15.3. The molecule has 0 bridgehead atoms. The highest BCUT2D eigenvalue weighted by atomic mass is 16.3. The molecule has 2 atom stereocenters. The van der Waals surface area contributed by atoms with Gasteiger partial charge in [0.25, 0.3) is 0 Å². The molecule has 0 fully saturated rings. The lowest BCUT2D eigenvalue weighted by Gasteiger charge is -2.29. The number of nitrogens with zero attached hydrogens (tertiary/aromatic N) is 1. The van der Waals surface area contributed by atoms with Crippen molar-refractivity contribution in [2.24, 2.45) is 5.92 Å². The van der Waals surface area contributed by atoms with Crippen LogP contribution in [0.4, 0.5) is 0 Å². The van der Waals surface area contributed by atoms with E-state index in [1.807, 2.05) is 0 Å². The van der Waals surface area contributed by atoms with Gasteiger partial charge in [0, 0.05) is 12.6 Å². The molecule has 0 radical (unpaired) electrons. The molecule has 1 N–H and O–H groups in total. The smallest absolute Gasteiger partial charge is 0.0474 e. The van der Waals surface area contributed by atoms with Crippen LogP contribution in [0.1, 0.15) is 24.1 Å². The van der Waals surface area contributed by atoms with E-state index in [1.165, 1.54) is 11.1 Å². The predicted molar refractivity (Wildman–Crippen MR) is 63.9 cm³/mol. The third-order valence-electron chi connectivity index (χ3n) is 2.80. The van der Waals surface area contributed by atoms with Gasteiger partial charge in [0.05, 0.1) is 0 Å². The van der Waals surface area contributed by atoms with Gasteiger partial charge in [0.15, 0.2) is 0 Å². The van der Waals surface area contributed by atoms with E-state index in [0.29, 0.717) is 0 Å². The van der Waals surface area contributed by atoms with Crippen LogP contribution in [-0.2, 0) is 0 Å².